The van der Waals surface area contributed by atoms with Gasteiger partial charge >= 0.3 is 0 Å². The molecule has 0 fully saturated rings. The van der Waals surface area contributed by atoms with Crippen LogP contribution >= 0.6 is 11.6 Å². The fourth-order valence-electron chi connectivity index (χ4n) is 1.26. The average molecular weight is 235 g/mol. The molecule has 0 aliphatic carbocycles. The van der Waals surface area contributed by atoms with Gasteiger partial charge in [0, 0.05) is 0 Å². The van der Waals surface area contributed by atoms with Crippen LogP contribution < -0.4 is 0 Å². The van der Waals surface area contributed by atoms with Gasteiger partial charge in [-0.3, -0.25) is 0 Å². The minimum atomic E-state index is -3.26. The number of rotatable bonds is 2. The zero-order valence-corrected chi connectivity index (χ0v) is 9.78. The lowest BCUT2D eigenvalue weighted by Gasteiger charge is -2.07. The summed E-state index contributed by atoms with van der Waals surface area (Å²) in [5.74, 6) is 0.0413. The predicted molar refractivity (Wildman–Crippen MR) is 54.2 cm³/mol. The Hall–Kier alpha value is -0.680. The highest BCUT2D eigenvalue weighted by Crippen LogP contribution is 2.19. The van der Waals surface area contributed by atoms with E-state index in [1.807, 2.05) is 0 Å². The molecule has 0 radical (unpaired) electrons. The van der Waals surface area contributed by atoms with Crippen molar-refractivity contribution in [3.05, 3.63) is 16.7 Å². The lowest BCUT2D eigenvalue weighted by molar-refractivity contribution is 0.594. The lowest BCUT2D eigenvalue weighted by atomic mass is 10.3. The molecule has 6 heteroatoms. The fraction of sp³-hybridized carbons (Fsp3) is 0.500. The summed E-state index contributed by atoms with van der Waals surface area (Å²) in [6.45, 7) is 4.81. The number of sulfone groups is 1. The van der Waals surface area contributed by atoms with Gasteiger partial charge in [-0.1, -0.05) is 6.92 Å². The quantitative estimate of drug-likeness (QED) is 0.729. The van der Waals surface area contributed by atoms with Gasteiger partial charge < -0.3 is 0 Å². The molecular weight excluding hydrogens is 224 g/mol. The summed E-state index contributed by atoms with van der Waals surface area (Å²) >= 11 is 5.60. The summed E-state index contributed by atoms with van der Waals surface area (Å²) in [7, 11) is -3.26. The predicted octanol–water partition coefficient (Wildman–Crippen LogP) is 1.54. The monoisotopic (exact) mass is 234 g/mol. The van der Waals surface area contributed by atoms with Crippen LogP contribution in [-0.4, -0.2) is 24.1 Å². The van der Waals surface area contributed by atoms with Crippen LogP contribution in [0.25, 0.3) is 0 Å². The number of halogens is 1. The Morgan fingerprint density at radius 2 is 1.64 bits per heavy atom. The Kier molecular flexibility index (Phi) is 3.11. The number of hydrogen-bond donors (Lipinski definition) is 0. The maximum atomic E-state index is 11.6. The van der Waals surface area contributed by atoms with E-state index in [-0.39, 0.29) is 15.9 Å². The number of hydrogen-bond acceptors (Lipinski definition) is 4. The Labute approximate surface area is 88.3 Å². The van der Waals surface area contributed by atoms with E-state index >= 15 is 0 Å². The van der Waals surface area contributed by atoms with Crippen molar-refractivity contribution in [1.82, 2.24) is 9.97 Å². The summed E-state index contributed by atoms with van der Waals surface area (Å²) in [5.41, 5.74) is 0.814. The van der Waals surface area contributed by atoms with Crippen molar-refractivity contribution in [2.75, 3.05) is 5.75 Å². The topological polar surface area (TPSA) is 59.9 Å². The van der Waals surface area contributed by atoms with Crippen LogP contribution in [0.4, 0.5) is 0 Å². The standard InChI is InChI=1S/C8H11ClN2O2S/c1-4-14(12,13)7-5(2)10-8(9)11-6(7)3/h4H2,1-3H3. The highest BCUT2D eigenvalue weighted by molar-refractivity contribution is 7.91. The first-order chi connectivity index (χ1) is 6.38. The first-order valence-corrected chi connectivity index (χ1v) is 6.15. The smallest absolute Gasteiger partial charge is 0.222 e. The fourth-order valence-corrected chi connectivity index (χ4v) is 2.79. The summed E-state index contributed by atoms with van der Waals surface area (Å²) in [4.78, 5) is 7.85. The molecule has 0 amide bonds. The van der Waals surface area contributed by atoms with Crippen molar-refractivity contribution in [1.29, 1.82) is 0 Å². The third kappa shape index (κ3) is 2.04. The maximum Gasteiger partial charge on any atom is 0.222 e. The van der Waals surface area contributed by atoms with Crippen LogP contribution in [0.3, 0.4) is 0 Å². The van der Waals surface area contributed by atoms with Crippen LogP contribution in [0.2, 0.25) is 5.28 Å². The zero-order chi connectivity index (χ0) is 10.9. The SMILES string of the molecule is CCS(=O)(=O)c1c(C)nc(Cl)nc1C. The van der Waals surface area contributed by atoms with Crippen molar-refractivity contribution in [2.24, 2.45) is 0 Å². The molecule has 0 aliphatic rings. The molecular formula is C8H11ClN2O2S. The van der Waals surface area contributed by atoms with Gasteiger partial charge in [0.15, 0.2) is 9.84 Å². The summed E-state index contributed by atoms with van der Waals surface area (Å²) in [6, 6.07) is 0. The van der Waals surface area contributed by atoms with Crippen molar-refractivity contribution < 1.29 is 8.42 Å². The van der Waals surface area contributed by atoms with E-state index in [0.717, 1.165) is 0 Å². The van der Waals surface area contributed by atoms with E-state index < -0.39 is 9.84 Å². The highest BCUT2D eigenvalue weighted by atomic mass is 35.5. The first-order valence-electron chi connectivity index (χ1n) is 4.12. The van der Waals surface area contributed by atoms with Gasteiger partial charge in [-0.2, -0.15) is 0 Å². The molecule has 0 saturated carbocycles. The van der Waals surface area contributed by atoms with E-state index in [4.69, 9.17) is 11.6 Å². The van der Waals surface area contributed by atoms with E-state index in [1.165, 1.54) is 0 Å². The largest absolute Gasteiger partial charge is 0.224 e. The Morgan fingerprint density at radius 1 is 1.21 bits per heavy atom. The molecule has 0 saturated heterocycles. The van der Waals surface area contributed by atoms with Crippen LogP contribution in [0, 0.1) is 13.8 Å². The van der Waals surface area contributed by atoms with Gasteiger partial charge in [-0.25, -0.2) is 18.4 Å². The van der Waals surface area contributed by atoms with Crippen LogP contribution in [0.1, 0.15) is 18.3 Å². The first kappa shape index (κ1) is 11.4. The minimum absolute atomic E-state index is 0.0413. The highest BCUT2D eigenvalue weighted by Gasteiger charge is 2.19. The normalized spacial score (nSPS) is 11.7. The van der Waals surface area contributed by atoms with E-state index in [9.17, 15) is 8.42 Å². The zero-order valence-electron chi connectivity index (χ0n) is 8.20. The molecule has 0 bridgehead atoms. The van der Waals surface area contributed by atoms with Crippen molar-refractivity contribution >= 4 is 21.4 Å². The molecule has 14 heavy (non-hydrogen) atoms. The maximum absolute atomic E-state index is 11.6. The molecule has 1 rings (SSSR count). The molecule has 0 N–H and O–H groups in total. The molecule has 0 aromatic carbocycles. The molecule has 4 nitrogen and oxygen atoms in total. The Balaban J connectivity index is 3.51. The van der Waals surface area contributed by atoms with Gasteiger partial charge in [0.25, 0.3) is 0 Å². The van der Waals surface area contributed by atoms with E-state index in [0.29, 0.717) is 11.4 Å². The molecule has 0 unspecified atom stereocenters. The van der Waals surface area contributed by atoms with Crippen molar-refractivity contribution in [3.8, 4) is 0 Å². The molecule has 0 aliphatic heterocycles. The van der Waals surface area contributed by atoms with Crippen LogP contribution in [0.15, 0.2) is 4.90 Å². The average Bonchev–Trinajstić information content (AvgIpc) is 2.01. The minimum Gasteiger partial charge on any atom is -0.224 e. The molecule has 78 valence electrons. The molecule has 1 aromatic heterocycles. The van der Waals surface area contributed by atoms with Gasteiger partial charge in [0.05, 0.1) is 17.1 Å². The second kappa shape index (κ2) is 3.82. The molecule has 0 atom stereocenters. The van der Waals surface area contributed by atoms with E-state index in [2.05, 4.69) is 9.97 Å². The Morgan fingerprint density at radius 3 is 2.00 bits per heavy atom. The second-order valence-electron chi connectivity index (χ2n) is 2.90. The van der Waals surface area contributed by atoms with Gasteiger partial charge in [-0.15, -0.1) is 0 Å². The van der Waals surface area contributed by atoms with E-state index in [1.54, 1.807) is 20.8 Å². The molecule has 0 spiro atoms. The number of aromatic nitrogens is 2. The molecule has 1 heterocycles. The Bertz CT molecular complexity index is 433. The lowest BCUT2D eigenvalue weighted by Crippen LogP contribution is -2.10. The van der Waals surface area contributed by atoms with Crippen molar-refractivity contribution in [3.63, 3.8) is 0 Å². The number of nitrogens with zero attached hydrogens (tertiary/aromatic N) is 2. The second-order valence-corrected chi connectivity index (χ2v) is 5.45. The summed E-state index contributed by atoms with van der Waals surface area (Å²) < 4.78 is 23.3. The summed E-state index contributed by atoms with van der Waals surface area (Å²) in [6.07, 6.45) is 0. The van der Waals surface area contributed by atoms with Gasteiger partial charge in [0.2, 0.25) is 5.28 Å². The van der Waals surface area contributed by atoms with Gasteiger partial charge in [-0.05, 0) is 25.4 Å². The van der Waals surface area contributed by atoms with Crippen LogP contribution in [-0.2, 0) is 9.84 Å². The molecule has 1 aromatic rings. The number of aryl methyl sites for hydroxylation is 2. The van der Waals surface area contributed by atoms with Gasteiger partial charge in [0.1, 0.15) is 4.90 Å². The third-order valence-corrected chi connectivity index (χ3v) is 4.01. The summed E-state index contributed by atoms with van der Waals surface area (Å²) in [5, 5.41) is 0.0788. The third-order valence-electron chi connectivity index (χ3n) is 1.87. The van der Waals surface area contributed by atoms with Crippen molar-refractivity contribution in [2.45, 2.75) is 25.7 Å². The van der Waals surface area contributed by atoms with Crippen LogP contribution in [0.5, 0.6) is 0 Å².